The van der Waals surface area contributed by atoms with Crippen molar-refractivity contribution < 1.29 is 13.2 Å². The summed E-state index contributed by atoms with van der Waals surface area (Å²) in [6.07, 6.45) is 3.42. The summed E-state index contributed by atoms with van der Waals surface area (Å²) in [5.74, 6) is -1.06. The molecule has 1 aromatic carbocycles. The summed E-state index contributed by atoms with van der Waals surface area (Å²) in [6.45, 7) is 2.38. The van der Waals surface area contributed by atoms with Gasteiger partial charge in [-0.1, -0.05) is 6.42 Å². The zero-order chi connectivity index (χ0) is 13.9. The SMILES string of the molecule is CC(F)(Cc1cc(F)ccc1F)CC1CCCCN1. The molecule has 1 heterocycles. The van der Waals surface area contributed by atoms with Crippen molar-refractivity contribution in [2.75, 3.05) is 6.54 Å². The van der Waals surface area contributed by atoms with Crippen molar-refractivity contribution in [1.29, 1.82) is 0 Å². The van der Waals surface area contributed by atoms with Crippen LogP contribution in [-0.2, 0) is 6.42 Å². The van der Waals surface area contributed by atoms with Gasteiger partial charge in [-0.3, -0.25) is 0 Å². The summed E-state index contributed by atoms with van der Waals surface area (Å²) in [7, 11) is 0. The normalized spacial score (nSPS) is 23.1. The molecule has 0 amide bonds. The lowest BCUT2D eigenvalue weighted by Crippen LogP contribution is -2.40. The van der Waals surface area contributed by atoms with Gasteiger partial charge in [0.25, 0.3) is 0 Å². The van der Waals surface area contributed by atoms with Gasteiger partial charge in [0.2, 0.25) is 0 Å². The molecule has 0 spiro atoms. The van der Waals surface area contributed by atoms with Gasteiger partial charge in [-0.15, -0.1) is 0 Å². The lowest BCUT2D eigenvalue weighted by atomic mass is 9.88. The van der Waals surface area contributed by atoms with Gasteiger partial charge >= 0.3 is 0 Å². The molecule has 0 saturated carbocycles. The fourth-order valence-corrected chi connectivity index (χ4v) is 2.76. The van der Waals surface area contributed by atoms with Crippen LogP contribution in [0.15, 0.2) is 18.2 Å². The van der Waals surface area contributed by atoms with E-state index in [-0.39, 0.29) is 18.0 Å². The Morgan fingerprint density at radius 2 is 2.11 bits per heavy atom. The summed E-state index contributed by atoms with van der Waals surface area (Å²) < 4.78 is 41.2. The van der Waals surface area contributed by atoms with Gasteiger partial charge in [0.05, 0.1) is 0 Å². The summed E-state index contributed by atoms with van der Waals surface area (Å²) in [4.78, 5) is 0. The number of alkyl halides is 1. The van der Waals surface area contributed by atoms with Crippen molar-refractivity contribution in [3.63, 3.8) is 0 Å². The van der Waals surface area contributed by atoms with Crippen LogP contribution >= 0.6 is 0 Å². The molecule has 0 aromatic heterocycles. The van der Waals surface area contributed by atoms with E-state index in [9.17, 15) is 13.2 Å². The van der Waals surface area contributed by atoms with Gasteiger partial charge in [-0.25, -0.2) is 13.2 Å². The average molecular weight is 271 g/mol. The molecule has 4 heteroatoms. The first-order chi connectivity index (χ1) is 8.96. The van der Waals surface area contributed by atoms with Crippen LogP contribution in [0.1, 0.15) is 38.2 Å². The number of halogens is 3. The van der Waals surface area contributed by atoms with E-state index in [0.29, 0.717) is 6.42 Å². The Hall–Kier alpha value is -1.03. The molecule has 1 aliphatic heterocycles. The predicted molar refractivity (Wildman–Crippen MR) is 69.8 cm³/mol. The highest BCUT2D eigenvalue weighted by molar-refractivity contribution is 5.20. The average Bonchev–Trinajstić information content (AvgIpc) is 2.34. The quantitative estimate of drug-likeness (QED) is 0.879. The summed E-state index contributed by atoms with van der Waals surface area (Å²) in [5, 5.41) is 3.28. The highest BCUT2D eigenvalue weighted by Crippen LogP contribution is 2.27. The molecular weight excluding hydrogens is 251 g/mol. The van der Waals surface area contributed by atoms with Gasteiger partial charge in [-0.2, -0.15) is 0 Å². The third-order valence-corrected chi connectivity index (χ3v) is 3.65. The third kappa shape index (κ3) is 4.23. The molecule has 2 atom stereocenters. The highest BCUT2D eigenvalue weighted by Gasteiger charge is 2.29. The molecule has 1 N–H and O–H groups in total. The van der Waals surface area contributed by atoms with Crippen molar-refractivity contribution in [2.45, 2.75) is 50.7 Å². The van der Waals surface area contributed by atoms with Crippen molar-refractivity contribution in [1.82, 2.24) is 5.32 Å². The van der Waals surface area contributed by atoms with Crippen LogP contribution in [0.25, 0.3) is 0 Å². The molecule has 2 rings (SSSR count). The zero-order valence-electron chi connectivity index (χ0n) is 11.2. The standard InChI is InChI=1S/C15H20F3N/c1-15(18,10-13-4-2-3-7-19-13)9-11-8-12(16)5-6-14(11)17/h5-6,8,13,19H,2-4,7,9-10H2,1H3. The number of hydrogen-bond donors (Lipinski definition) is 1. The first kappa shape index (κ1) is 14.4. The summed E-state index contributed by atoms with van der Waals surface area (Å²) >= 11 is 0. The molecule has 0 radical (unpaired) electrons. The first-order valence-corrected chi connectivity index (χ1v) is 6.82. The van der Waals surface area contributed by atoms with Crippen LogP contribution < -0.4 is 5.32 Å². The second kappa shape index (κ2) is 5.95. The zero-order valence-corrected chi connectivity index (χ0v) is 11.2. The van der Waals surface area contributed by atoms with E-state index in [1.807, 2.05) is 0 Å². The Bertz CT molecular complexity index is 425. The van der Waals surface area contributed by atoms with Crippen molar-refractivity contribution in [3.8, 4) is 0 Å². The fourth-order valence-electron chi connectivity index (χ4n) is 2.76. The van der Waals surface area contributed by atoms with E-state index in [0.717, 1.165) is 44.0 Å². The van der Waals surface area contributed by atoms with E-state index in [2.05, 4.69) is 5.32 Å². The molecule has 1 aliphatic rings. The van der Waals surface area contributed by atoms with Crippen LogP contribution in [0.2, 0.25) is 0 Å². The van der Waals surface area contributed by atoms with Crippen LogP contribution in [-0.4, -0.2) is 18.3 Å². The Kier molecular flexibility index (Phi) is 4.50. The second-order valence-corrected chi connectivity index (χ2v) is 5.68. The number of nitrogens with one attached hydrogen (secondary N) is 1. The topological polar surface area (TPSA) is 12.0 Å². The maximum atomic E-state index is 14.5. The van der Waals surface area contributed by atoms with Crippen LogP contribution in [0, 0.1) is 11.6 Å². The minimum Gasteiger partial charge on any atom is -0.314 e. The van der Waals surface area contributed by atoms with Gasteiger partial charge in [0.15, 0.2) is 0 Å². The molecule has 106 valence electrons. The molecule has 1 fully saturated rings. The van der Waals surface area contributed by atoms with Gasteiger partial charge < -0.3 is 5.32 Å². The Labute approximate surface area is 112 Å². The monoisotopic (exact) mass is 271 g/mol. The Morgan fingerprint density at radius 1 is 1.32 bits per heavy atom. The highest BCUT2D eigenvalue weighted by atomic mass is 19.1. The molecule has 2 unspecified atom stereocenters. The number of hydrogen-bond acceptors (Lipinski definition) is 1. The van der Waals surface area contributed by atoms with E-state index in [4.69, 9.17) is 0 Å². The molecule has 1 aromatic rings. The van der Waals surface area contributed by atoms with Gasteiger partial charge in [0.1, 0.15) is 17.3 Å². The Balaban J connectivity index is 2.00. The maximum absolute atomic E-state index is 14.5. The molecule has 0 bridgehead atoms. The van der Waals surface area contributed by atoms with E-state index >= 15 is 0 Å². The summed E-state index contributed by atoms with van der Waals surface area (Å²) in [5.41, 5.74) is -1.41. The van der Waals surface area contributed by atoms with E-state index < -0.39 is 17.3 Å². The maximum Gasteiger partial charge on any atom is 0.126 e. The largest absolute Gasteiger partial charge is 0.314 e. The minimum absolute atomic E-state index is 0.0885. The van der Waals surface area contributed by atoms with Gasteiger partial charge in [-0.05, 0) is 56.5 Å². The van der Waals surface area contributed by atoms with E-state index in [1.165, 1.54) is 6.92 Å². The van der Waals surface area contributed by atoms with Crippen molar-refractivity contribution in [2.24, 2.45) is 0 Å². The number of piperidine rings is 1. The third-order valence-electron chi connectivity index (χ3n) is 3.65. The van der Waals surface area contributed by atoms with Crippen LogP contribution in [0.4, 0.5) is 13.2 Å². The molecule has 0 aliphatic carbocycles. The lowest BCUT2D eigenvalue weighted by molar-refractivity contribution is 0.144. The Morgan fingerprint density at radius 3 is 2.79 bits per heavy atom. The first-order valence-electron chi connectivity index (χ1n) is 6.82. The van der Waals surface area contributed by atoms with Crippen molar-refractivity contribution in [3.05, 3.63) is 35.4 Å². The van der Waals surface area contributed by atoms with Crippen molar-refractivity contribution >= 4 is 0 Å². The number of benzene rings is 1. The predicted octanol–water partition coefficient (Wildman–Crippen LogP) is 3.77. The van der Waals surface area contributed by atoms with Crippen LogP contribution in [0.5, 0.6) is 0 Å². The number of rotatable bonds is 4. The fraction of sp³-hybridized carbons (Fsp3) is 0.600. The molecule has 1 saturated heterocycles. The van der Waals surface area contributed by atoms with Crippen LogP contribution in [0.3, 0.4) is 0 Å². The summed E-state index contributed by atoms with van der Waals surface area (Å²) in [6, 6.07) is 3.33. The second-order valence-electron chi connectivity index (χ2n) is 5.68. The smallest absolute Gasteiger partial charge is 0.126 e. The van der Waals surface area contributed by atoms with Gasteiger partial charge in [0, 0.05) is 12.5 Å². The minimum atomic E-state index is -1.52. The lowest BCUT2D eigenvalue weighted by Gasteiger charge is -2.30. The molecular formula is C15H20F3N. The molecule has 19 heavy (non-hydrogen) atoms. The van der Waals surface area contributed by atoms with E-state index in [1.54, 1.807) is 0 Å². The molecule has 1 nitrogen and oxygen atoms in total.